The number of esters is 1. The predicted octanol–water partition coefficient (Wildman–Crippen LogP) is 6.05. The normalized spacial score (nSPS) is 16.7. The van der Waals surface area contributed by atoms with Crippen LogP contribution in [0.4, 0.5) is 5.69 Å². The molecule has 14 nitrogen and oxygen atoms in total. The minimum absolute atomic E-state index is 0.00110. The Kier molecular flexibility index (Phi) is 26.9. The first-order chi connectivity index (χ1) is 32.5. The van der Waals surface area contributed by atoms with Crippen molar-refractivity contribution < 1.29 is 58.4 Å². The number of carbonyl (C=O) groups excluding carboxylic acids is 1. The molecule has 0 saturated carbocycles. The molecule has 0 aromatic heterocycles. The molecule has 376 valence electrons. The zero-order chi connectivity index (χ0) is 48.1. The number of phenols is 1. The van der Waals surface area contributed by atoms with Crippen LogP contribution in [0.25, 0.3) is 0 Å². The Hall–Kier alpha value is -3.67. The van der Waals surface area contributed by atoms with Crippen molar-refractivity contribution in [2.24, 2.45) is 5.92 Å². The molecule has 0 spiro atoms. The standard InChI is InChI=1S/C53H82N2O12/c1-42-40-43(41-49(52(42)60)53(2,3)4)10-19-50(59)67-39-38-64-30-23-55(22-29-63-35-37-66-33-26-58)48-17-13-46(14-18-48)51(44-8-6-5-7-9-44)45-11-15-47(16-12-45)54(20-27-61-31-24-56)21-28-62-34-36-65-32-25-57/h6,8,11-15,17-18,40-41,44,47,51,56-58,60H,5,7,9-10,16,19-39H2,1-4H3. The monoisotopic (exact) mass is 939 g/mol. The van der Waals surface area contributed by atoms with Gasteiger partial charge in [-0.25, -0.2) is 0 Å². The Balaban J connectivity index is 1.36. The van der Waals surface area contributed by atoms with Crippen LogP contribution in [-0.2, 0) is 49.8 Å². The van der Waals surface area contributed by atoms with Gasteiger partial charge in [-0.15, -0.1) is 0 Å². The lowest BCUT2D eigenvalue weighted by molar-refractivity contribution is -0.145. The number of phenolic OH excluding ortho intramolecular Hbond substituents is 1. The molecule has 3 unspecified atom stereocenters. The van der Waals surface area contributed by atoms with Crippen molar-refractivity contribution in [2.45, 2.75) is 83.6 Å². The summed E-state index contributed by atoms with van der Waals surface area (Å²) in [5, 5.41) is 37.8. The molecule has 2 aliphatic rings. The summed E-state index contributed by atoms with van der Waals surface area (Å²) in [6.07, 6.45) is 16.8. The number of ether oxygens (including phenoxy) is 7. The molecule has 4 N–H and O–H groups in total. The van der Waals surface area contributed by atoms with Crippen molar-refractivity contribution in [3.05, 3.63) is 94.6 Å². The Morgan fingerprint density at radius 1 is 0.731 bits per heavy atom. The number of nitrogens with zero attached hydrogens (tertiary/aromatic N) is 2. The third-order valence-electron chi connectivity index (χ3n) is 12.1. The summed E-state index contributed by atoms with van der Waals surface area (Å²) in [6, 6.07) is 13.0. The highest BCUT2D eigenvalue weighted by Crippen LogP contribution is 2.41. The van der Waals surface area contributed by atoms with E-state index in [9.17, 15) is 15.0 Å². The first-order valence-electron chi connectivity index (χ1n) is 24.5. The molecule has 0 saturated heterocycles. The molecule has 4 rings (SSSR count). The fourth-order valence-electron chi connectivity index (χ4n) is 8.49. The van der Waals surface area contributed by atoms with E-state index in [-0.39, 0.29) is 69.4 Å². The number of benzene rings is 2. The van der Waals surface area contributed by atoms with Gasteiger partial charge in [0.1, 0.15) is 12.4 Å². The second-order valence-electron chi connectivity index (χ2n) is 18.1. The topological polar surface area (TPSA) is 169 Å². The number of anilines is 1. The molecule has 0 bridgehead atoms. The van der Waals surface area contributed by atoms with Crippen LogP contribution in [0.3, 0.4) is 0 Å². The first kappa shape index (κ1) is 55.9. The highest BCUT2D eigenvalue weighted by atomic mass is 16.6. The van der Waals surface area contributed by atoms with Gasteiger partial charge in [0.25, 0.3) is 0 Å². The van der Waals surface area contributed by atoms with Crippen molar-refractivity contribution in [2.75, 3.05) is 137 Å². The molecule has 3 atom stereocenters. The molecule has 2 aromatic carbocycles. The largest absolute Gasteiger partial charge is 0.507 e. The summed E-state index contributed by atoms with van der Waals surface area (Å²) >= 11 is 0. The highest BCUT2D eigenvalue weighted by Gasteiger charge is 2.28. The van der Waals surface area contributed by atoms with Gasteiger partial charge in [0.2, 0.25) is 0 Å². The van der Waals surface area contributed by atoms with Crippen molar-refractivity contribution in [3.63, 3.8) is 0 Å². The Morgan fingerprint density at radius 3 is 1.84 bits per heavy atom. The van der Waals surface area contributed by atoms with E-state index in [2.05, 4.69) is 85.2 Å². The molecule has 0 heterocycles. The lowest BCUT2D eigenvalue weighted by atomic mass is 9.74. The number of aliphatic hydroxyl groups excluding tert-OH is 3. The number of allylic oxidation sites excluding steroid dienone is 4. The lowest BCUT2D eigenvalue weighted by Gasteiger charge is -2.34. The molecule has 0 amide bonds. The van der Waals surface area contributed by atoms with E-state index in [1.54, 1.807) is 0 Å². The van der Waals surface area contributed by atoms with Gasteiger partial charge in [0, 0.05) is 50.2 Å². The van der Waals surface area contributed by atoms with Crippen LogP contribution in [0.5, 0.6) is 5.75 Å². The van der Waals surface area contributed by atoms with Crippen LogP contribution in [-0.4, -0.2) is 169 Å². The van der Waals surface area contributed by atoms with E-state index in [4.69, 9.17) is 43.4 Å². The van der Waals surface area contributed by atoms with Crippen molar-refractivity contribution >= 4 is 11.7 Å². The quantitative estimate of drug-likeness (QED) is 0.0358. The third kappa shape index (κ3) is 20.8. The molecule has 0 radical (unpaired) electrons. The molecule has 2 aromatic rings. The number of hydrogen-bond donors (Lipinski definition) is 4. The summed E-state index contributed by atoms with van der Waals surface area (Å²) in [4.78, 5) is 17.3. The van der Waals surface area contributed by atoms with Gasteiger partial charge in [0.15, 0.2) is 0 Å². The van der Waals surface area contributed by atoms with E-state index in [0.29, 0.717) is 97.2 Å². The van der Waals surface area contributed by atoms with Crippen LogP contribution in [0.1, 0.15) is 81.0 Å². The van der Waals surface area contributed by atoms with E-state index in [1.807, 2.05) is 19.1 Å². The second kappa shape index (κ2) is 32.2. The van der Waals surface area contributed by atoms with E-state index in [0.717, 1.165) is 61.2 Å². The summed E-state index contributed by atoms with van der Waals surface area (Å²) in [5.74, 6) is 0.620. The van der Waals surface area contributed by atoms with Gasteiger partial charge in [0.05, 0.1) is 99.1 Å². The highest BCUT2D eigenvalue weighted by molar-refractivity contribution is 5.69. The second-order valence-corrected chi connectivity index (χ2v) is 18.1. The van der Waals surface area contributed by atoms with E-state index in [1.165, 1.54) is 11.1 Å². The summed E-state index contributed by atoms with van der Waals surface area (Å²) in [6.45, 7) is 15.9. The molecule has 14 heteroatoms. The Bertz CT molecular complexity index is 1760. The number of aromatic hydroxyl groups is 1. The number of carbonyl (C=O) groups is 1. The van der Waals surface area contributed by atoms with Crippen molar-refractivity contribution in [1.82, 2.24) is 4.90 Å². The third-order valence-corrected chi connectivity index (χ3v) is 12.1. The van der Waals surface area contributed by atoms with Gasteiger partial charge in [-0.05, 0) is 90.3 Å². The van der Waals surface area contributed by atoms with Crippen LogP contribution in [0.2, 0.25) is 0 Å². The Labute approximate surface area is 400 Å². The van der Waals surface area contributed by atoms with Gasteiger partial charge >= 0.3 is 5.97 Å². The SMILES string of the molecule is Cc1cc(CCC(=O)OCCOCCN(CCOCCOCCO)c2ccc(C(C3=CCC(N(CCOCCO)CCOCCOCCO)C=C3)C3C=CCCC3)cc2)cc(C(C)(C)C)c1O. The molecule has 0 aliphatic heterocycles. The summed E-state index contributed by atoms with van der Waals surface area (Å²) < 4.78 is 39.6. The fourth-order valence-corrected chi connectivity index (χ4v) is 8.49. The van der Waals surface area contributed by atoms with Gasteiger partial charge in [-0.2, -0.15) is 0 Å². The number of aryl methyl sites for hydroxylation is 2. The average molecular weight is 939 g/mol. The minimum atomic E-state index is -0.281. The van der Waals surface area contributed by atoms with Crippen LogP contribution >= 0.6 is 0 Å². The van der Waals surface area contributed by atoms with E-state index >= 15 is 0 Å². The molecule has 67 heavy (non-hydrogen) atoms. The lowest BCUT2D eigenvalue weighted by Crippen LogP contribution is -2.39. The van der Waals surface area contributed by atoms with Crippen LogP contribution in [0, 0.1) is 12.8 Å². The maximum Gasteiger partial charge on any atom is 0.306 e. The zero-order valence-corrected chi connectivity index (χ0v) is 40.9. The molecular weight excluding hydrogens is 857 g/mol. The molecule has 2 aliphatic carbocycles. The number of hydrogen-bond acceptors (Lipinski definition) is 14. The summed E-state index contributed by atoms with van der Waals surface area (Å²) in [7, 11) is 0. The fraction of sp³-hybridized carbons (Fsp3) is 0.642. The van der Waals surface area contributed by atoms with E-state index < -0.39 is 0 Å². The van der Waals surface area contributed by atoms with Gasteiger partial charge < -0.3 is 58.5 Å². The Morgan fingerprint density at radius 2 is 1.30 bits per heavy atom. The minimum Gasteiger partial charge on any atom is -0.507 e. The summed E-state index contributed by atoms with van der Waals surface area (Å²) in [5.41, 5.74) is 6.11. The molecular formula is C53H82N2O12. The number of rotatable bonds is 35. The number of aliphatic hydroxyl groups is 3. The molecule has 0 fully saturated rings. The predicted molar refractivity (Wildman–Crippen MR) is 262 cm³/mol. The van der Waals surface area contributed by atoms with Crippen LogP contribution < -0.4 is 4.90 Å². The van der Waals surface area contributed by atoms with Crippen molar-refractivity contribution in [3.8, 4) is 5.75 Å². The zero-order valence-electron chi connectivity index (χ0n) is 40.9. The first-order valence-corrected chi connectivity index (χ1v) is 24.5. The maximum absolute atomic E-state index is 12.6. The maximum atomic E-state index is 12.6. The van der Waals surface area contributed by atoms with Gasteiger partial charge in [-0.3, -0.25) is 9.69 Å². The average Bonchev–Trinajstić information content (AvgIpc) is 3.33. The van der Waals surface area contributed by atoms with Crippen molar-refractivity contribution in [1.29, 1.82) is 0 Å². The van der Waals surface area contributed by atoms with Crippen LogP contribution in [0.15, 0.2) is 72.4 Å². The smallest absolute Gasteiger partial charge is 0.306 e. The van der Waals surface area contributed by atoms with Gasteiger partial charge in [-0.1, -0.05) is 75.4 Å².